The van der Waals surface area contributed by atoms with Gasteiger partial charge in [0.1, 0.15) is 0 Å². The van der Waals surface area contributed by atoms with E-state index in [0.29, 0.717) is 6.04 Å². The van der Waals surface area contributed by atoms with Gasteiger partial charge in [-0.2, -0.15) is 0 Å². The lowest BCUT2D eigenvalue weighted by Crippen LogP contribution is -2.51. The molecule has 11 heavy (non-hydrogen) atoms. The monoisotopic (exact) mass is 157 g/mol. The lowest BCUT2D eigenvalue weighted by atomic mass is 9.98. The first kappa shape index (κ1) is 8.97. The average Bonchev–Trinajstić information content (AvgIpc) is 1.85. The minimum Gasteiger partial charge on any atom is -0.326 e. The van der Waals surface area contributed by atoms with Gasteiger partial charge in [0.25, 0.3) is 0 Å². The van der Waals surface area contributed by atoms with Gasteiger partial charge in [-0.15, -0.1) is 0 Å². The summed E-state index contributed by atoms with van der Waals surface area (Å²) in [5, 5.41) is 4.44. The summed E-state index contributed by atoms with van der Waals surface area (Å²) in [6.45, 7) is 4.42. The van der Waals surface area contributed by atoms with Gasteiger partial charge < -0.3 is 5.73 Å². The summed E-state index contributed by atoms with van der Waals surface area (Å²) in [6.07, 6.45) is 1.17. The van der Waals surface area contributed by atoms with Gasteiger partial charge in [-0.3, -0.25) is 0 Å². The topological polar surface area (TPSA) is 32.5 Å². The molecular weight excluding hydrogens is 138 g/mol. The third-order valence-corrected chi connectivity index (χ3v) is 2.24. The Labute approximate surface area is 69.1 Å². The van der Waals surface area contributed by atoms with Crippen LogP contribution in [-0.2, 0) is 0 Å². The van der Waals surface area contributed by atoms with Gasteiger partial charge in [-0.25, -0.2) is 10.0 Å². The fraction of sp³-hybridized carbons (Fsp3) is 1.00. The third-order valence-electron chi connectivity index (χ3n) is 2.24. The summed E-state index contributed by atoms with van der Waals surface area (Å²) in [7, 11) is 4.15. The molecule has 0 aromatic rings. The number of nitrogens with zero attached hydrogens (tertiary/aromatic N) is 2. The zero-order chi connectivity index (χ0) is 8.43. The van der Waals surface area contributed by atoms with Crippen molar-refractivity contribution in [2.24, 2.45) is 11.7 Å². The second-order valence-corrected chi connectivity index (χ2v) is 3.82. The summed E-state index contributed by atoms with van der Waals surface area (Å²) in [5.74, 6) is 0.737. The van der Waals surface area contributed by atoms with Crippen LogP contribution in [-0.4, -0.2) is 43.2 Å². The molecule has 2 unspecified atom stereocenters. The second-order valence-electron chi connectivity index (χ2n) is 3.82. The molecule has 1 aliphatic heterocycles. The van der Waals surface area contributed by atoms with Crippen LogP contribution in [0.25, 0.3) is 0 Å². The zero-order valence-electron chi connectivity index (χ0n) is 7.75. The second kappa shape index (κ2) is 3.52. The molecule has 1 heterocycles. The number of rotatable bonds is 1. The molecule has 1 fully saturated rings. The van der Waals surface area contributed by atoms with Crippen LogP contribution in [0, 0.1) is 5.92 Å². The molecule has 2 N–H and O–H groups in total. The molecule has 1 saturated heterocycles. The van der Waals surface area contributed by atoms with E-state index in [1.807, 2.05) is 0 Å². The van der Waals surface area contributed by atoms with E-state index >= 15 is 0 Å². The van der Waals surface area contributed by atoms with Crippen molar-refractivity contribution in [2.75, 3.05) is 27.2 Å². The van der Waals surface area contributed by atoms with E-state index in [4.69, 9.17) is 5.73 Å². The average molecular weight is 157 g/mol. The van der Waals surface area contributed by atoms with Gasteiger partial charge in [0.15, 0.2) is 0 Å². The lowest BCUT2D eigenvalue weighted by molar-refractivity contribution is -0.0173. The molecule has 3 nitrogen and oxygen atoms in total. The van der Waals surface area contributed by atoms with Crippen molar-refractivity contribution in [3.05, 3.63) is 0 Å². The maximum Gasteiger partial charge on any atom is 0.0285 e. The third kappa shape index (κ3) is 2.43. The molecule has 0 amide bonds. The molecular formula is C8H19N3. The van der Waals surface area contributed by atoms with Gasteiger partial charge in [0.2, 0.25) is 0 Å². The van der Waals surface area contributed by atoms with Crippen molar-refractivity contribution < 1.29 is 0 Å². The van der Waals surface area contributed by atoms with Crippen LogP contribution in [0.4, 0.5) is 0 Å². The highest BCUT2D eigenvalue weighted by Crippen LogP contribution is 2.14. The quantitative estimate of drug-likeness (QED) is 0.587. The molecule has 0 aliphatic carbocycles. The summed E-state index contributed by atoms with van der Waals surface area (Å²) in [4.78, 5) is 0. The fourth-order valence-corrected chi connectivity index (χ4v) is 1.70. The Bertz CT molecular complexity index is 115. The van der Waals surface area contributed by atoms with E-state index in [1.165, 1.54) is 6.42 Å². The Morgan fingerprint density at radius 2 is 2.00 bits per heavy atom. The van der Waals surface area contributed by atoms with Crippen molar-refractivity contribution in [2.45, 2.75) is 19.4 Å². The summed E-state index contributed by atoms with van der Waals surface area (Å²) in [6, 6.07) is 0.362. The molecule has 0 aromatic carbocycles. The van der Waals surface area contributed by atoms with Crippen molar-refractivity contribution in [3.8, 4) is 0 Å². The van der Waals surface area contributed by atoms with Gasteiger partial charge in [0.05, 0.1) is 0 Å². The molecule has 0 radical (unpaired) electrons. The number of hydrogen-bond donors (Lipinski definition) is 1. The first-order chi connectivity index (χ1) is 5.09. The Morgan fingerprint density at radius 1 is 1.36 bits per heavy atom. The van der Waals surface area contributed by atoms with Crippen LogP contribution >= 0.6 is 0 Å². The Kier molecular flexibility index (Phi) is 2.87. The molecule has 66 valence electrons. The highest BCUT2D eigenvalue weighted by atomic mass is 15.6. The van der Waals surface area contributed by atoms with Crippen LogP contribution in [0.1, 0.15) is 13.3 Å². The van der Waals surface area contributed by atoms with E-state index in [1.54, 1.807) is 0 Å². The highest BCUT2D eigenvalue weighted by molar-refractivity contribution is 4.76. The Balaban J connectivity index is 2.43. The number of nitrogens with two attached hydrogens (primary N) is 1. The first-order valence-corrected chi connectivity index (χ1v) is 4.27. The zero-order valence-corrected chi connectivity index (χ0v) is 7.75. The van der Waals surface area contributed by atoms with Gasteiger partial charge in [-0.05, 0) is 12.3 Å². The standard InChI is InChI=1S/C8H19N3/c1-7-4-8(9)6-11(5-7)10(2)3/h7-8H,4-6,9H2,1-3H3. The van der Waals surface area contributed by atoms with E-state index in [2.05, 4.69) is 31.0 Å². The van der Waals surface area contributed by atoms with Crippen LogP contribution in [0.3, 0.4) is 0 Å². The van der Waals surface area contributed by atoms with Crippen LogP contribution in [0.15, 0.2) is 0 Å². The van der Waals surface area contributed by atoms with E-state index in [9.17, 15) is 0 Å². The number of hydrazine groups is 1. The Hall–Kier alpha value is -0.120. The van der Waals surface area contributed by atoms with Crippen LogP contribution in [0.5, 0.6) is 0 Å². The minimum atomic E-state index is 0.362. The van der Waals surface area contributed by atoms with Crippen molar-refractivity contribution >= 4 is 0 Å². The first-order valence-electron chi connectivity index (χ1n) is 4.27. The van der Waals surface area contributed by atoms with Crippen molar-refractivity contribution in [1.82, 2.24) is 10.0 Å². The lowest BCUT2D eigenvalue weighted by Gasteiger charge is -2.38. The minimum absolute atomic E-state index is 0.362. The summed E-state index contributed by atoms with van der Waals surface area (Å²) >= 11 is 0. The maximum absolute atomic E-state index is 5.88. The van der Waals surface area contributed by atoms with Crippen molar-refractivity contribution in [3.63, 3.8) is 0 Å². The number of hydrogen-bond acceptors (Lipinski definition) is 3. The molecule has 0 bridgehead atoms. The Morgan fingerprint density at radius 3 is 2.45 bits per heavy atom. The summed E-state index contributed by atoms with van der Waals surface area (Å²) in [5.41, 5.74) is 5.88. The maximum atomic E-state index is 5.88. The largest absolute Gasteiger partial charge is 0.326 e. The molecule has 3 heteroatoms. The predicted octanol–water partition coefficient (Wildman–Crippen LogP) is 0.132. The van der Waals surface area contributed by atoms with Gasteiger partial charge >= 0.3 is 0 Å². The van der Waals surface area contributed by atoms with Gasteiger partial charge in [0, 0.05) is 33.2 Å². The van der Waals surface area contributed by atoms with E-state index in [-0.39, 0.29) is 0 Å². The normalized spacial score (nSPS) is 34.6. The van der Waals surface area contributed by atoms with E-state index in [0.717, 1.165) is 19.0 Å². The smallest absolute Gasteiger partial charge is 0.0285 e. The number of piperidine rings is 1. The van der Waals surface area contributed by atoms with Crippen molar-refractivity contribution in [1.29, 1.82) is 0 Å². The van der Waals surface area contributed by atoms with Gasteiger partial charge in [-0.1, -0.05) is 6.92 Å². The molecule has 0 saturated carbocycles. The molecule has 0 spiro atoms. The SMILES string of the molecule is CC1CC(N)CN(N(C)C)C1. The molecule has 2 atom stereocenters. The molecule has 1 rings (SSSR count). The predicted molar refractivity (Wildman–Crippen MR) is 47.0 cm³/mol. The van der Waals surface area contributed by atoms with E-state index < -0.39 is 0 Å². The highest BCUT2D eigenvalue weighted by Gasteiger charge is 2.22. The molecule has 1 aliphatic rings. The molecule has 0 aromatic heterocycles. The van der Waals surface area contributed by atoms with Crippen LogP contribution in [0.2, 0.25) is 0 Å². The fourth-order valence-electron chi connectivity index (χ4n) is 1.70. The van der Waals surface area contributed by atoms with Crippen LogP contribution < -0.4 is 5.73 Å². The summed E-state index contributed by atoms with van der Waals surface area (Å²) < 4.78 is 0.